The second-order valence-electron chi connectivity index (χ2n) is 4.30. The van der Waals surface area contributed by atoms with Crippen molar-refractivity contribution in [2.75, 3.05) is 31.4 Å². The first-order chi connectivity index (χ1) is 10.2. The Kier molecular flexibility index (Phi) is 5.11. The maximum Gasteiger partial charge on any atom is 0.255 e. The molecule has 0 atom stereocenters. The van der Waals surface area contributed by atoms with E-state index in [1.807, 2.05) is 0 Å². The van der Waals surface area contributed by atoms with E-state index in [0.29, 0.717) is 36.0 Å². The van der Waals surface area contributed by atoms with E-state index in [0.717, 1.165) is 0 Å². The highest BCUT2D eigenvalue weighted by Crippen LogP contribution is 2.13. The van der Waals surface area contributed by atoms with Crippen LogP contribution >= 0.6 is 0 Å². The van der Waals surface area contributed by atoms with Gasteiger partial charge in [-0.25, -0.2) is 4.98 Å². The Labute approximate surface area is 122 Å². The van der Waals surface area contributed by atoms with E-state index in [4.69, 9.17) is 15.2 Å². The zero-order chi connectivity index (χ0) is 15.1. The van der Waals surface area contributed by atoms with Crippen LogP contribution in [0, 0.1) is 0 Å². The Morgan fingerprint density at radius 2 is 1.95 bits per heavy atom. The predicted octanol–water partition coefficient (Wildman–Crippen LogP) is 1.94. The van der Waals surface area contributed by atoms with Crippen molar-refractivity contribution < 1.29 is 14.3 Å². The standard InChI is InChI=1S/C15H17N3O3/c1-20-8-9-21-14-7-6-13(10-17-14)18-15(19)11-2-4-12(16)5-3-11/h2-7,10H,8-9,16H2,1H3,(H,18,19). The summed E-state index contributed by atoms with van der Waals surface area (Å²) in [5.41, 5.74) is 7.32. The lowest BCUT2D eigenvalue weighted by molar-refractivity contribution is 0.102. The Bertz CT molecular complexity index is 582. The van der Waals surface area contributed by atoms with Crippen LogP contribution < -0.4 is 15.8 Å². The van der Waals surface area contributed by atoms with Crippen LogP contribution in [0.5, 0.6) is 5.88 Å². The van der Waals surface area contributed by atoms with E-state index >= 15 is 0 Å². The Hall–Kier alpha value is -2.60. The number of benzene rings is 1. The SMILES string of the molecule is COCCOc1ccc(NC(=O)c2ccc(N)cc2)cn1. The lowest BCUT2D eigenvalue weighted by Gasteiger charge is -2.07. The number of pyridine rings is 1. The van der Waals surface area contributed by atoms with Gasteiger partial charge in [0.15, 0.2) is 0 Å². The topological polar surface area (TPSA) is 86.5 Å². The second-order valence-corrected chi connectivity index (χ2v) is 4.30. The van der Waals surface area contributed by atoms with E-state index in [1.54, 1.807) is 43.5 Å². The molecule has 0 aliphatic heterocycles. The average Bonchev–Trinajstić information content (AvgIpc) is 2.50. The van der Waals surface area contributed by atoms with Crippen LogP contribution in [-0.4, -0.2) is 31.2 Å². The van der Waals surface area contributed by atoms with E-state index < -0.39 is 0 Å². The maximum absolute atomic E-state index is 12.0. The molecular weight excluding hydrogens is 270 g/mol. The Morgan fingerprint density at radius 1 is 1.19 bits per heavy atom. The first-order valence-electron chi connectivity index (χ1n) is 6.44. The molecule has 0 unspecified atom stereocenters. The zero-order valence-electron chi connectivity index (χ0n) is 11.7. The van der Waals surface area contributed by atoms with Gasteiger partial charge in [-0.3, -0.25) is 4.79 Å². The number of hydrogen-bond donors (Lipinski definition) is 2. The number of hydrogen-bond acceptors (Lipinski definition) is 5. The lowest BCUT2D eigenvalue weighted by atomic mass is 10.2. The fourth-order valence-corrected chi connectivity index (χ4v) is 1.61. The molecule has 1 amide bonds. The molecule has 1 heterocycles. The minimum atomic E-state index is -0.218. The van der Waals surface area contributed by atoms with Gasteiger partial charge in [-0.15, -0.1) is 0 Å². The third-order valence-electron chi connectivity index (χ3n) is 2.70. The van der Waals surface area contributed by atoms with Gasteiger partial charge in [0.25, 0.3) is 5.91 Å². The molecule has 6 heteroatoms. The van der Waals surface area contributed by atoms with Crippen LogP contribution in [0.2, 0.25) is 0 Å². The number of rotatable bonds is 6. The number of nitrogens with two attached hydrogens (primary N) is 1. The summed E-state index contributed by atoms with van der Waals surface area (Å²) in [6.45, 7) is 0.929. The minimum absolute atomic E-state index is 0.218. The van der Waals surface area contributed by atoms with Gasteiger partial charge in [0.1, 0.15) is 6.61 Å². The number of aromatic nitrogens is 1. The van der Waals surface area contributed by atoms with Crippen LogP contribution in [0.4, 0.5) is 11.4 Å². The lowest BCUT2D eigenvalue weighted by Crippen LogP contribution is -2.12. The molecule has 2 aromatic rings. The molecule has 0 radical (unpaired) electrons. The summed E-state index contributed by atoms with van der Waals surface area (Å²) in [5, 5.41) is 2.75. The van der Waals surface area contributed by atoms with Gasteiger partial charge in [0, 0.05) is 24.4 Å². The molecule has 0 aliphatic carbocycles. The number of anilines is 2. The molecule has 0 fully saturated rings. The summed E-state index contributed by atoms with van der Waals surface area (Å²) in [4.78, 5) is 16.1. The molecular formula is C15H17N3O3. The number of carbonyl (C=O) groups excluding carboxylic acids is 1. The summed E-state index contributed by atoms with van der Waals surface area (Å²) in [6.07, 6.45) is 1.54. The van der Waals surface area contributed by atoms with Gasteiger partial charge in [-0.05, 0) is 30.3 Å². The maximum atomic E-state index is 12.0. The zero-order valence-corrected chi connectivity index (χ0v) is 11.7. The molecule has 0 saturated heterocycles. The van der Waals surface area contributed by atoms with Gasteiger partial charge >= 0.3 is 0 Å². The summed E-state index contributed by atoms with van der Waals surface area (Å²) < 4.78 is 10.2. The van der Waals surface area contributed by atoms with E-state index in [9.17, 15) is 4.79 Å². The molecule has 2 rings (SSSR count). The number of nitrogens with zero attached hydrogens (tertiary/aromatic N) is 1. The quantitative estimate of drug-likeness (QED) is 0.626. The first-order valence-corrected chi connectivity index (χ1v) is 6.44. The van der Waals surface area contributed by atoms with Crippen LogP contribution in [0.1, 0.15) is 10.4 Å². The molecule has 0 spiro atoms. The second kappa shape index (κ2) is 7.25. The fraction of sp³-hybridized carbons (Fsp3) is 0.200. The highest BCUT2D eigenvalue weighted by molar-refractivity contribution is 6.04. The van der Waals surface area contributed by atoms with Crippen molar-refractivity contribution in [2.45, 2.75) is 0 Å². The number of ether oxygens (including phenoxy) is 2. The highest BCUT2D eigenvalue weighted by atomic mass is 16.5. The fourth-order valence-electron chi connectivity index (χ4n) is 1.61. The molecule has 3 N–H and O–H groups in total. The normalized spacial score (nSPS) is 10.1. The molecule has 110 valence electrons. The number of amides is 1. The smallest absolute Gasteiger partial charge is 0.255 e. The number of carbonyl (C=O) groups is 1. The average molecular weight is 287 g/mol. The van der Waals surface area contributed by atoms with Crippen molar-refractivity contribution in [1.82, 2.24) is 4.98 Å². The third-order valence-corrected chi connectivity index (χ3v) is 2.70. The minimum Gasteiger partial charge on any atom is -0.475 e. The van der Waals surface area contributed by atoms with E-state index in [1.165, 1.54) is 6.20 Å². The number of methoxy groups -OCH3 is 1. The molecule has 0 bridgehead atoms. The monoisotopic (exact) mass is 287 g/mol. The van der Waals surface area contributed by atoms with Gasteiger partial charge in [0.05, 0.1) is 18.5 Å². The summed E-state index contributed by atoms with van der Waals surface area (Å²) in [5.74, 6) is 0.266. The molecule has 21 heavy (non-hydrogen) atoms. The van der Waals surface area contributed by atoms with Crippen molar-refractivity contribution in [3.63, 3.8) is 0 Å². The van der Waals surface area contributed by atoms with Crippen LogP contribution in [0.3, 0.4) is 0 Å². The van der Waals surface area contributed by atoms with Gasteiger partial charge < -0.3 is 20.5 Å². The summed E-state index contributed by atoms with van der Waals surface area (Å²) in [7, 11) is 1.60. The molecule has 0 aliphatic rings. The van der Waals surface area contributed by atoms with Crippen LogP contribution in [-0.2, 0) is 4.74 Å². The third kappa shape index (κ3) is 4.47. The number of nitrogen functional groups attached to an aromatic ring is 1. The Balaban J connectivity index is 1.93. The van der Waals surface area contributed by atoms with Crippen molar-refractivity contribution in [1.29, 1.82) is 0 Å². The van der Waals surface area contributed by atoms with Gasteiger partial charge in [0.2, 0.25) is 5.88 Å². The molecule has 6 nitrogen and oxygen atoms in total. The Morgan fingerprint density at radius 3 is 2.57 bits per heavy atom. The van der Waals surface area contributed by atoms with E-state index in [-0.39, 0.29) is 5.91 Å². The summed E-state index contributed by atoms with van der Waals surface area (Å²) in [6, 6.07) is 10.1. The van der Waals surface area contributed by atoms with Crippen molar-refractivity contribution in [2.24, 2.45) is 0 Å². The highest BCUT2D eigenvalue weighted by Gasteiger charge is 2.06. The molecule has 1 aromatic carbocycles. The molecule has 1 aromatic heterocycles. The van der Waals surface area contributed by atoms with Crippen molar-refractivity contribution >= 4 is 17.3 Å². The first kappa shape index (κ1) is 14.8. The largest absolute Gasteiger partial charge is 0.475 e. The van der Waals surface area contributed by atoms with Crippen LogP contribution in [0.15, 0.2) is 42.6 Å². The van der Waals surface area contributed by atoms with Gasteiger partial charge in [-0.1, -0.05) is 0 Å². The van der Waals surface area contributed by atoms with Crippen molar-refractivity contribution in [3.8, 4) is 5.88 Å². The van der Waals surface area contributed by atoms with E-state index in [2.05, 4.69) is 10.3 Å². The predicted molar refractivity (Wildman–Crippen MR) is 80.4 cm³/mol. The van der Waals surface area contributed by atoms with Crippen LogP contribution in [0.25, 0.3) is 0 Å². The summed E-state index contributed by atoms with van der Waals surface area (Å²) >= 11 is 0. The van der Waals surface area contributed by atoms with Crippen molar-refractivity contribution in [3.05, 3.63) is 48.2 Å². The van der Waals surface area contributed by atoms with Gasteiger partial charge in [-0.2, -0.15) is 0 Å². The number of nitrogens with one attached hydrogen (secondary N) is 1. The molecule has 0 saturated carbocycles.